The Hall–Kier alpha value is -1.12. The average Bonchev–Trinajstić information content (AvgIpc) is 3.18. The lowest BCUT2D eigenvalue weighted by molar-refractivity contribution is -0.128. The fraction of sp³-hybridized carbons (Fsp3) is 0.688. The second-order valence-corrected chi connectivity index (χ2v) is 8.49. The van der Waals surface area contributed by atoms with Crippen LogP contribution in [0.15, 0.2) is 9.72 Å². The van der Waals surface area contributed by atoms with E-state index >= 15 is 0 Å². The smallest absolute Gasteiger partial charge is 0.355 e. The molecule has 0 saturated carbocycles. The molecule has 0 aromatic carbocycles. The number of amides is 1. The molecule has 24 heavy (non-hydrogen) atoms. The second-order valence-electron chi connectivity index (χ2n) is 6.29. The number of piperidine rings is 1. The Kier molecular flexibility index (Phi) is 6.13. The van der Waals surface area contributed by atoms with E-state index in [1.165, 1.54) is 42.4 Å². The Morgan fingerprint density at radius 3 is 2.88 bits per heavy atom. The number of aromatic carboxylic acids is 1. The molecule has 1 N–H and O–H groups in total. The van der Waals surface area contributed by atoms with Crippen LogP contribution >= 0.6 is 23.1 Å². The molecule has 2 aliphatic rings. The Labute approximate surface area is 150 Å². The van der Waals surface area contributed by atoms with Crippen LogP contribution in [-0.2, 0) is 4.79 Å². The fourth-order valence-corrected chi connectivity index (χ4v) is 5.19. The number of carboxylic acids is 1. The van der Waals surface area contributed by atoms with E-state index in [1.54, 1.807) is 5.38 Å². The summed E-state index contributed by atoms with van der Waals surface area (Å²) in [6.07, 6.45) is 5.48. The van der Waals surface area contributed by atoms with Crippen molar-refractivity contribution < 1.29 is 14.7 Å². The molecule has 0 aliphatic carbocycles. The Morgan fingerprint density at radius 2 is 2.17 bits per heavy atom. The zero-order valence-electron chi connectivity index (χ0n) is 13.6. The number of aromatic nitrogens is 1. The fourth-order valence-electron chi connectivity index (χ4n) is 3.38. The molecule has 132 valence electrons. The average molecular weight is 370 g/mol. The van der Waals surface area contributed by atoms with Crippen LogP contribution in [0.25, 0.3) is 0 Å². The number of carbonyl (C=O) groups is 2. The molecule has 2 fully saturated rings. The van der Waals surface area contributed by atoms with Crippen LogP contribution in [0.2, 0.25) is 0 Å². The van der Waals surface area contributed by atoms with Crippen molar-refractivity contribution in [1.29, 1.82) is 0 Å². The van der Waals surface area contributed by atoms with E-state index in [0.717, 1.165) is 36.1 Å². The van der Waals surface area contributed by atoms with E-state index in [2.05, 4.69) is 9.88 Å². The number of likely N-dealkylation sites (tertiary alicyclic amines) is 2. The second kappa shape index (κ2) is 8.31. The van der Waals surface area contributed by atoms with Gasteiger partial charge in [0, 0.05) is 36.7 Å². The molecule has 1 unspecified atom stereocenters. The standard InChI is InChI=1S/C16H23N3O3S2/c20-14-5-4-12(10-18-6-2-1-3-7-18)19(14)8-9-23-16-17-13(11-24-16)15(21)22/h11-12H,1-10H2,(H,21,22). The minimum atomic E-state index is -0.991. The number of thioether (sulfide) groups is 1. The van der Waals surface area contributed by atoms with Crippen LogP contribution in [-0.4, -0.2) is 69.7 Å². The van der Waals surface area contributed by atoms with Gasteiger partial charge in [-0.1, -0.05) is 18.2 Å². The van der Waals surface area contributed by atoms with Crippen LogP contribution in [0, 0.1) is 0 Å². The highest BCUT2D eigenvalue weighted by Crippen LogP contribution is 2.25. The predicted octanol–water partition coefficient (Wildman–Crippen LogP) is 2.41. The number of carbonyl (C=O) groups excluding carboxylic acids is 1. The molecule has 2 aliphatic heterocycles. The Bertz CT molecular complexity index is 587. The summed E-state index contributed by atoms with van der Waals surface area (Å²) in [5.41, 5.74) is 0.0997. The summed E-state index contributed by atoms with van der Waals surface area (Å²) < 4.78 is 0.756. The summed E-state index contributed by atoms with van der Waals surface area (Å²) in [5, 5.41) is 10.5. The number of rotatable bonds is 7. The summed E-state index contributed by atoms with van der Waals surface area (Å²) in [6, 6.07) is 0.335. The van der Waals surface area contributed by atoms with Gasteiger partial charge < -0.3 is 14.9 Å². The number of nitrogens with zero attached hydrogens (tertiary/aromatic N) is 3. The molecular weight excluding hydrogens is 346 g/mol. The van der Waals surface area contributed by atoms with Gasteiger partial charge in [0.25, 0.3) is 0 Å². The van der Waals surface area contributed by atoms with Gasteiger partial charge in [-0.05, 0) is 32.4 Å². The minimum absolute atomic E-state index is 0.0997. The van der Waals surface area contributed by atoms with Crippen molar-refractivity contribution in [2.75, 3.05) is 31.9 Å². The van der Waals surface area contributed by atoms with Crippen molar-refractivity contribution in [3.05, 3.63) is 11.1 Å². The molecule has 1 amide bonds. The van der Waals surface area contributed by atoms with Crippen molar-refractivity contribution in [2.24, 2.45) is 0 Å². The maximum absolute atomic E-state index is 12.2. The largest absolute Gasteiger partial charge is 0.476 e. The van der Waals surface area contributed by atoms with Gasteiger partial charge in [0.2, 0.25) is 5.91 Å². The van der Waals surface area contributed by atoms with Crippen LogP contribution in [0.4, 0.5) is 0 Å². The normalized spacial score (nSPS) is 22.2. The van der Waals surface area contributed by atoms with Gasteiger partial charge in [-0.3, -0.25) is 4.79 Å². The van der Waals surface area contributed by atoms with Crippen LogP contribution in [0.3, 0.4) is 0 Å². The predicted molar refractivity (Wildman–Crippen MR) is 94.8 cm³/mol. The van der Waals surface area contributed by atoms with Gasteiger partial charge in [-0.15, -0.1) is 11.3 Å². The lowest BCUT2D eigenvalue weighted by Gasteiger charge is -2.33. The highest BCUT2D eigenvalue weighted by molar-refractivity contribution is 8.01. The minimum Gasteiger partial charge on any atom is -0.476 e. The topological polar surface area (TPSA) is 73.7 Å². The number of hydrogen-bond donors (Lipinski definition) is 1. The van der Waals surface area contributed by atoms with Crippen LogP contribution < -0.4 is 0 Å². The Morgan fingerprint density at radius 1 is 1.38 bits per heavy atom. The molecule has 3 rings (SSSR count). The van der Waals surface area contributed by atoms with Crippen molar-refractivity contribution in [2.45, 2.75) is 42.5 Å². The van der Waals surface area contributed by atoms with E-state index in [0.29, 0.717) is 19.0 Å². The number of thiazole rings is 1. The van der Waals surface area contributed by atoms with Crippen molar-refractivity contribution in [3.8, 4) is 0 Å². The number of hydrogen-bond acceptors (Lipinski definition) is 6. The lowest BCUT2D eigenvalue weighted by Crippen LogP contribution is -2.44. The van der Waals surface area contributed by atoms with Gasteiger partial charge in [0.05, 0.1) is 0 Å². The summed E-state index contributed by atoms with van der Waals surface area (Å²) in [4.78, 5) is 31.6. The van der Waals surface area contributed by atoms with Gasteiger partial charge in [-0.25, -0.2) is 9.78 Å². The molecule has 2 saturated heterocycles. The first kappa shape index (κ1) is 17.7. The molecule has 0 bridgehead atoms. The molecule has 0 radical (unpaired) electrons. The summed E-state index contributed by atoms with van der Waals surface area (Å²) in [6.45, 7) is 4.02. The SMILES string of the molecule is O=C(O)c1csc(SCCN2C(=O)CCC2CN2CCCCC2)n1. The highest BCUT2D eigenvalue weighted by atomic mass is 32.2. The molecule has 1 aromatic heterocycles. The van der Waals surface area contributed by atoms with E-state index < -0.39 is 5.97 Å². The van der Waals surface area contributed by atoms with Crippen LogP contribution in [0.5, 0.6) is 0 Å². The third kappa shape index (κ3) is 4.49. The zero-order chi connectivity index (χ0) is 16.9. The quantitative estimate of drug-likeness (QED) is 0.744. The molecule has 3 heterocycles. The van der Waals surface area contributed by atoms with E-state index in [-0.39, 0.29) is 11.6 Å². The summed E-state index contributed by atoms with van der Waals surface area (Å²) >= 11 is 2.88. The first-order chi connectivity index (χ1) is 11.6. The highest BCUT2D eigenvalue weighted by Gasteiger charge is 2.32. The first-order valence-corrected chi connectivity index (χ1v) is 10.3. The van der Waals surface area contributed by atoms with E-state index in [9.17, 15) is 9.59 Å². The monoisotopic (exact) mass is 369 g/mol. The maximum atomic E-state index is 12.2. The molecule has 1 aromatic rings. The molecule has 0 spiro atoms. The van der Waals surface area contributed by atoms with Crippen molar-refractivity contribution in [1.82, 2.24) is 14.8 Å². The Balaban J connectivity index is 1.48. The molecule has 8 heteroatoms. The number of carboxylic acid groups (broad SMARTS) is 1. The van der Waals surface area contributed by atoms with Gasteiger partial charge in [0.15, 0.2) is 10.0 Å². The first-order valence-electron chi connectivity index (χ1n) is 8.47. The van der Waals surface area contributed by atoms with Gasteiger partial charge in [0.1, 0.15) is 0 Å². The molecule has 6 nitrogen and oxygen atoms in total. The van der Waals surface area contributed by atoms with Crippen molar-refractivity contribution >= 4 is 35.0 Å². The summed E-state index contributed by atoms with van der Waals surface area (Å²) in [7, 11) is 0. The zero-order valence-corrected chi connectivity index (χ0v) is 15.3. The van der Waals surface area contributed by atoms with Crippen LogP contribution in [0.1, 0.15) is 42.6 Å². The third-order valence-electron chi connectivity index (χ3n) is 4.63. The maximum Gasteiger partial charge on any atom is 0.355 e. The van der Waals surface area contributed by atoms with E-state index in [1.807, 2.05) is 4.90 Å². The van der Waals surface area contributed by atoms with Gasteiger partial charge in [-0.2, -0.15) is 0 Å². The summed E-state index contributed by atoms with van der Waals surface area (Å²) in [5.74, 6) is 0.0202. The third-order valence-corrected chi connectivity index (χ3v) is 6.63. The van der Waals surface area contributed by atoms with Crippen molar-refractivity contribution in [3.63, 3.8) is 0 Å². The van der Waals surface area contributed by atoms with E-state index in [4.69, 9.17) is 5.11 Å². The molecular formula is C16H23N3O3S2. The van der Waals surface area contributed by atoms with Gasteiger partial charge >= 0.3 is 5.97 Å². The molecule has 1 atom stereocenters. The lowest BCUT2D eigenvalue weighted by atomic mass is 10.1.